The number of aliphatic imine (C=N–C) groups is 2. The topological polar surface area (TPSA) is 101 Å². The van der Waals surface area contributed by atoms with Gasteiger partial charge in [-0.1, -0.05) is 0 Å². The third kappa shape index (κ3) is 34.4. The molecular formula is C13H34Cl4N6. The van der Waals surface area contributed by atoms with Gasteiger partial charge in [-0.3, -0.25) is 9.98 Å². The van der Waals surface area contributed by atoms with Crippen LogP contribution < -0.4 is 22.1 Å². The second-order valence-electron chi connectivity index (χ2n) is 4.61. The molecule has 23 heavy (non-hydrogen) atoms. The SMILES string of the molecule is CC(N)=NCCCNCCCNCCCN=C(C)N.Cl.Cl.Cl.Cl. The average Bonchev–Trinajstić information content (AvgIpc) is 2.34. The lowest BCUT2D eigenvalue weighted by molar-refractivity contribution is 0.580. The monoisotopic (exact) mass is 414 g/mol. The van der Waals surface area contributed by atoms with Crippen LogP contribution >= 0.6 is 49.6 Å². The lowest BCUT2D eigenvalue weighted by atomic mass is 10.3. The molecule has 0 aliphatic rings. The van der Waals surface area contributed by atoms with E-state index < -0.39 is 0 Å². The van der Waals surface area contributed by atoms with E-state index in [1.54, 1.807) is 0 Å². The van der Waals surface area contributed by atoms with E-state index in [4.69, 9.17) is 11.5 Å². The lowest BCUT2D eigenvalue weighted by Crippen LogP contribution is -2.24. The van der Waals surface area contributed by atoms with Gasteiger partial charge in [-0.05, 0) is 59.3 Å². The molecule has 0 aliphatic carbocycles. The van der Waals surface area contributed by atoms with Crippen molar-refractivity contribution in [2.24, 2.45) is 21.5 Å². The van der Waals surface area contributed by atoms with Gasteiger partial charge in [-0.2, -0.15) is 0 Å². The van der Waals surface area contributed by atoms with Gasteiger partial charge in [-0.15, -0.1) is 49.6 Å². The molecule has 0 aromatic heterocycles. The Bertz CT molecular complexity index is 243. The zero-order valence-electron chi connectivity index (χ0n) is 14.0. The van der Waals surface area contributed by atoms with Crippen molar-refractivity contribution in [3.63, 3.8) is 0 Å². The Balaban J connectivity index is -0.000000270. The van der Waals surface area contributed by atoms with Crippen LogP contribution in [-0.4, -0.2) is 50.9 Å². The summed E-state index contributed by atoms with van der Waals surface area (Å²) in [5.41, 5.74) is 10.9. The Labute approximate surface area is 165 Å². The average molecular weight is 416 g/mol. The van der Waals surface area contributed by atoms with Gasteiger partial charge >= 0.3 is 0 Å². The molecule has 0 amide bonds. The summed E-state index contributed by atoms with van der Waals surface area (Å²) in [5, 5.41) is 6.78. The lowest BCUT2D eigenvalue weighted by Gasteiger charge is -2.05. The van der Waals surface area contributed by atoms with Crippen LogP contribution in [0.2, 0.25) is 0 Å². The molecule has 0 atom stereocenters. The van der Waals surface area contributed by atoms with Crippen molar-refractivity contribution >= 4 is 61.3 Å². The molecule has 0 unspecified atom stereocenters. The third-order valence-corrected chi connectivity index (χ3v) is 2.45. The molecule has 0 heterocycles. The Morgan fingerprint density at radius 3 is 1.26 bits per heavy atom. The predicted molar refractivity (Wildman–Crippen MR) is 113 cm³/mol. The highest BCUT2D eigenvalue weighted by Crippen LogP contribution is 1.82. The highest BCUT2D eigenvalue weighted by molar-refractivity contribution is 5.86. The molecule has 0 aromatic carbocycles. The van der Waals surface area contributed by atoms with Crippen LogP contribution in [0.25, 0.3) is 0 Å². The minimum absolute atomic E-state index is 0. The summed E-state index contributed by atoms with van der Waals surface area (Å²) < 4.78 is 0. The molecule has 0 bridgehead atoms. The maximum atomic E-state index is 5.45. The smallest absolute Gasteiger partial charge is 0.0905 e. The van der Waals surface area contributed by atoms with Crippen LogP contribution in [-0.2, 0) is 0 Å². The Morgan fingerprint density at radius 1 is 0.652 bits per heavy atom. The third-order valence-electron chi connectivity index (χ3n) is 2.45. The van der Waals surface area contributed by atoms with E-state index >= 15 is 0 Å². The molecule has 0 spiro atoms. The van der Waals surface area contributed by atoms with E-state index in [1.165, 1.54) is 0 Å². The number of rotatable bonds is 12. The highest BCUT2D eigenvalue weighted by Gasteiger charge is 1.90. The molecule has 0 aliphatic heterocycles. The zero-order valence-corrected chi connectivity index (χ0v) is 17.3. The number of hydrogen-bond acceptors (Lipinski definition) is 4. The fourth-order valence-corrected chi connectivity index (χ4v) is 1.51. The van der Waals surface area contributed by atoms with Crippen molar-refractivity contribution in [2.45, 2.75) is 33.1 Å². The summed E-state index contributed by atoms with van der Waals surface area (Å²) in [7, 11) is 0. The molecule has 0 radical (unpaired) electrons. The van der Waals surface area contributed by atoms with Crippen LogP contribution in [0.3, 0.4) is 0 Å². The summed E-state index contributed by atoms with van der Waals surface area (Å²) in [6.07, 6.45) is 3.22. The summed E-state index contributed by atoms with van der Waals surface area (Å²) in [4.78, 5) is 8.27. The van der Waals surface area contributed by atoms with Crippen molar-refractivity contribution in [1.29, 1.82) is 0 Å². The number of halogens is 4. The number of nitrogens with zero attached hydrogens (tertiary/aromatic N) is 2. The van der Waals surface area contributed by atoms with E-state index in [0.717, 1.165) is 58.5 Å². The fourth-order valence-electron chi connectivity index (χ4n) is 1.51. The number of amidine groups is 2. The summed E-state index contributed by atoms with van der Waals surface area (Å²) in [6, 6.07) is 0. The van der Waals surface area contributed by atoms with Crippen molar-refractivity contribution in [3.8, 4) is 0 Å². The van der Waals surface area contributed by atoms with Crippen molar-refractivity contribution in [1.82, 2.24) is 10.6 Å². The molecule has 0 fully saturated rings. The first-order chi connectivity index (χ1) is 9.13. The van der Waals surface area contributed by atoms with E-state index in [-0.39, 0.29) is 49.6 Å². The van der Waals surface area contributed by atoms with Crippen molar-refractivity contribution in [3.05, 3.63) is 0 Å². The Kier molecular flexibility index (Phi) is 40.2. The van der Waals surface area contributed by atoms with Crippen LogP contribution in [0, 0.1) is 0 Å². The molecule has 6 N–H and O–H groups in total. The normalized spacial score (nSPS) is 10.7. The second-order valence-corrected chi connectivity index (χ2v) is 4.61. The molecule has 0 saturated heterocycles. The van der Waals surface area contributed by atoms with Crippen molar-refractivity contribution < 1.29 is 0 Å². The van der Waals surface area contributed by atoms with E-state index in [0.29, 0.717) is 11.7 Å². The second kappa shape index (κ2) is 26.9. The molecule has 0 saturated carbocycles. The van der Waals surface area contributed by atoms with Crippen molar-refractivity contribution in [2.75, 3.05) is 39.3 Å². The summed E-state index contributed by atoms with van der Waals surface area (Å²) >= 11 is 0. The first kappa shape index (κ1) is 34.4. The minimum atomic E-state index is 0. The largest absolute Gasteiger partial charge is 0.388 e. The zero-order chi connectivity index (χ0) is 14.3. The quantitative estimate of drug-likeness (QED) is 0.221. The molecule has 0 rings (SSSR count). The van der Waals surface area contributed by atoms with Crippen LogP contribution in [0.5, 0.6) is 0 Å². The molecule has 10 heteroatoms. The van der Waals surface area contributed by atoms with Gasteiger partial charge in [-0.25, -0.2) is 0 Å². The number of hydrogen-bond donors (Lipinski definition) is 4. The Hall–Kier alpha value is 0.0200. The fraction of sp³-hybridized carbons (Fsp3) is 0.846. The van der Waals surface area contributed by atoms with Gasteiger partial charge < -0.3 is 22.1 Å². The molecule has 144 valence electrons. The number of nitrogens with one attached hydrogen (secondary N) is 2. The van der Waals surface area contributed by atoms with E-state index in [2.05, 4.69) is 20.6 Å². The van der Waals surface area contributed by atoms with E-state index in [1.807, 2.05) is 13.8 Å². The predicted octanol–water partition coefficient (Wildman–Crippen LogP) is 1.78. The molecule has 0 aromatic rings. The molecular weight excluding hydrogens is 382 g/mol. The van der Waals surface area contributed by atoms with Crippen LogP contribution in [0.1, 0.15) is 33.1 Å². The van der Waals surface area contributed by atoms with Gasteiger partial charge in [0, 0.05) is 13.1 Å². The standard InChI is InChI=1S/C13H30N6.4ClH/c1-12(14)18-10-4-8-16-6-3-7-17-9-5-11-19-13(2)15;;;;/h16-17H,3-11H2,1-2H3,(H2,14,18)(H2,15,19);4*1H. The minimum Gasteiger partial charge on any atom is -0.388 e. The van der Waals surface area contributed by atoms with E-state index in [9.17, 15) is 0 Å². The van der Waals surface area contributed by atoms with Gasteiger partial charge in [0.1, 0.15) is 0 Å². The Morgan fingerprint density at radius 2 is 0.957 bits per heavy atom. The van der Waals surface area contributed by atoms with Gasteiger partial charge in [0.15, 0.2) is 0 Å². The maximum Gasteiger partial charge on any atom is 0.0905 e. The first-order valence-corrected chi connectivity index (χ1v) is 7.07. The maximum absolute atomic E-state index is 5.45. The van der Waals surface area contributed by atoms with Gasteiger partial charge in [0.25, 0.3) is 0 Å². The highest BCUT2D eigenvalue weighted by atomic mass is 35.5. The summed E-state index contributed by atoms with van der Waals surface area (Å²) in [5.74, 6) is 1.33. The first-order valence-electron chi connectivity index (χ1n) is 7.07. The van der Waals surface area contributed by atoms with Crippen LogP contribution in [0.4, 0.5) is 0 Å². The summed E-state index contributed by atoms with van der Waals surface area (Å²) in [6.45, 7) is 9.35. The van der Waals surface area contributed by atoms with Gasteiger partial charge in [0.2, 0.25) is 0 Å². The van der Waals surface area contributed by atoms with Crippen LogP contribution in [0.15, 0.2) is 9.98 Å². The number of nitrogens with two attached hydrogens (primary N) is 2. The molecule has 6 nitrogen and oxygen atoms in total. The van der Waals surface area contributed by atoms with Gasteiger partial charge in [0.05, 0.1) is 11.7 Å².